The third-order valence-electron chi connectivity index (χ3n) is 22.3. The highest BCUT2D eigenvalue weighted by Gasteiger charge is 2.36. The molecule has 0 saturated heterocycles. The lowest BCUT2D eigenvalue weighted by molar-refractivity contribution is -0.133. The predicted octanol–water partition coefficient (Wildman–Crippen LogP) is 17.2. The summed E-state index contributed by atoms with van der Waals surface area (Å²) in [7, 11) is 7.49. The number of fused-ring (bicyclic) bond motifs is 4. The second-order valence-electron chi connectivity index (χ2n) is 32.0. The normalized spacial score (nSPS) is 12.5. The average Bonchev–Trinajstić information content (AvgIpc) is 1.64. The summed E-state index contributed by atoms with van der Waals surface area (Å²) < 4.78 is 14.1. The average molecular weight is 1880 g/mol. The van der Waals surface area contributed by atoms with E-state index in [9.17, 15) is 39.3 Å². The van der Waals surface area contributed by atoms with Crippen LogP contribution in [0.2, 0.25) is 20.1 Å². The lowest BCUT2D eigenvalue weighted by Crippen LogP contribution is -2.37. The van der Waals surface area contributed by atoms with E-state index in [1.807, 2.05) is 151 Å². The van der Waals surface area contributed by atoms with E-state index in [-0.39, 0.29) is 5.56 Å². The molecule has 0 aliphatic heterocycles. The maximum absolute atomic E-state index is 12.8. The van der Waals surface area contributed by atoms with Crippen LogP contribution in [0.25, 0.3) is 112 Å². The largest absolute Gasteiger partial charge is 0.376 e. The first-order valence-corrected chi connectivity index (χ1v) is 43.1. The standard InChI is InChI=1S/3C25H21ClN6O2.C24H17ClN6O2/c3*1-25(34,19-5-7-20(26)8-6-19)24(33)30-21-9-3-16(4-10-21)23-22-11-17(14-32(22)29-15-27-23)18-12-28-31(2)13-18;1-30-12-18(11-27-30)17-10-21-22(26-14-28-31(21)13-17)15-4-8-20(9-5-15)29-24(33)23(32)16-2-6-19(25)7-3-16/h3*3-15,34H,1-2H3,(H,30,33);2-14H,1H3,(H,29,33)/t2*25-;;/m10../s1. The zero-order chi connectivity index (χ0) is 94.6. The van der Waals surface area contributed by atoms with Gasteiger partial charge in [0.1, 0.15) is 25.3 Å². The molecule has 135 heavy (non-hydrogen) atoms. The van der Waals surface area contributed by atoms with E-state index in [4.69, 9.17) is 46.4 Å². The summed E-state index contributed by atoms with van der Waals surface area (Å²) in [5.74, 6) is -2.98. The van der Waals surface area contributed by atoms with Gasteiger partial charge >= 0.3 is 0 Å². The number of nitrogens with zero attached hydrogens (tertiary/aromatic N) is 20. The minimum Gasteiger partial charge on any atom is -0.376 e. The van der Waals surface area contributed by atoms with Gasteiger partial charge in [0, 0.05) is 193 Å². The number of benzene rings is 8. The number of Topliss-reactive ketones (excluding diaryl/α,β-unsaturated/α-hetero) is 1. The summed E-state index contributed by atoms with van der Waals surface area (Å²) in [5.41, 5.74) is 16.4. The molecule has 0 saturated carbocycles. The molecule has 0 bridgehead atoms. The Labute approximate surface area is 789 Å². The molecule has 32 nitrogen and oxygen atoms in total. The van der Waals surface area contributed by atoms with E-state index in [1.54, 1.807) is 195 Å². The number of anilines is 4. The van der Waals surface area contributed by atoms with Crippen LogP contribution in [0, 0.1) is 0 Å². The van der Waals surface area contributed by atoms with E-state index in [0.717, 1.165) is 112 Å². The summed E-state index contributed by atoms with van der Waals surface area (Å²) in [4.78, 5) is 80.8. The first kappa shape index (κ1) is 90.6. The van der Waals surface area contributed by atoms with Crippen LogP contribution in [0.15, 0.2) is 318 Å². The first-order chi connectivity index (χ1) is 64.9. The van der Waals surface area contributed by atoms with Gasteiger partial charge in [0.25, 0.3) is 29.4 Å². The van der Waals surface area contributed by atoms with Crippen LogP contribution in [0.4, 0.5) is 22.7 Å². The molecule has 0 fully saturated rings. The number of amides is 4. The molecule has 3 atom stereocenters. The van der Waals surface area contributed by atoms with Crippen LogP contribution in [-0.2, 0) is 64.2 Å². The molecule has 8 aromatic carbocycles. The zero-order valence-corrected chi connectivity index (χ0v) is 75.9. The quantitative estimate of drug-likeness (QED) is 0.0275. The highest BCUT2D eigenvalue weighted by Crippen LogP contribution is 2.37. The Balaban J connectivity index is 0.000000125. The van der Waals surface area contributed by atoms with Gasteiger partial charge in [-0.1, -0.05) is 131 Å². The fourth-order valence-electron chi connectivity index (χ4n) is 14.8. The van der Waals surface area contributed by atoms with Crippen molar-refractivity contribution in [1.29, 1.82) is 0 Å². The molecular formula is C99H80Cl4N24O8. The summed E-state index contributed by atoms with van der Waals surface area (Å²) in [5, 5.41) is 79.5. The first-order valence-electron chi connectivity index (χ1n) is 41.6. The van der Waals surface area contributed by atoms with Crippen LogP contribution < -0.4 is 21.3 Å². The monoisotopic (exact) mass is 1870 g/mol. The number of halogens is 4. The van der Waals surface area contributed by atoms with Gasteiger partial charge in [-0.3, -0.25) is 42.7 Å². The number of aliphatic hydroxyl groups is 3. The van der Waals surface area contributed by atoms with E-state index >= 15 is 0 Å². The van der Waals surface area contributed by atoms with Gasteiger partial charge < -0.3 is 36.6 Å². The second kappa shape index (κ2) is 38.2. The number of rotatable bonds is 20. The van der Waals surface area contributed by atoms with Crippen molar-refractivity contribution < 1.29 is 39.3 Å². The molecule has 0 aliphatic carbocycles. The molecule has 1 unspecified atom stereocenters. The minimum atomic E-state index is -1.71. The maximum Gasteiger partial charge on any atom is 0.296 e. The number of aryl methyl sites for hydroxylation is 4. The smallest absolute Gasteiger partial charge is 0.296 e. The number of carbonyl (C=O) groups excluding carboxylic acids is 5. The number of nitrogens with one attached hydrogen (secondary N) is 4. The summed E-state index contributed by atoms with van der Waals surface area (Å²) >= 11 is 23.6. The predicted molar refractivity (Wildman–Crippen MR) is 516 cm³/mol. The molecule has 20 aromatic rings. The zero-order valence-electron chi connectivity index (χ0n) is 72.9. The van der Waals surface area contributed by atoms with Crippen LogP contribution in [0.3, 0.4) is 0 Å². The minimum absolute atomic E-state index is 0.273. The third kappa shape index (κ3) is 20.1. The number of ketones is 1. The Morgan fingerprint density at radius 2 is 0.496 bits per heavy atom. The number of hydrogen-bond donors (Lipinski definition) is 7. The lowest BCUT2D eigenvalue weighted by Gasteiger charge is -2.23. The Morgan fingerprint density at radius 1 is 0.274 bits per heavy atom. The molecule has 0 aliphatic rings. The van der Waals surface area contributed by atoms with Crippen molar-refractivity contribution in [2.24, 2.45) is 28.2 Å². The van der Waals surface area contributed by atoms with E-state index in [1.165, 1.54) is 58.2 Å². The van der Waals surface area contributed by atoms with Crippen LogP contribution in [0.5, 0.6) is 0 Å². The molecular weight excluding hydrogens is 1800 g/mol. The molecule has 0 spiro atoms. The van der Waals surface area contributed by atoms with Crippen LogP contribution >= 0.6 is 46.4 Å². The summed E-state index contributed by atoms with van der Waals surface area (Å²) in [6.45, 7) is 4.35. The van der Waals surface area contributed by atoms with Crippen molar-refractivity contribution in [2.45, 2.75) is 37.6 Å². The molecule has 672 valence electrons. The maximum atomic E-state index is 12.8. The van der Waals surface area contributed by atoms with Crippen molar-refractivity contribution in [3.63, 3.8) is 0 Å². The molecule has 12 aromatic heterocycles. The second-order valence-corrected chi connectivity index (χ2v) is 33.7. The lowest BCUT2D eigenvalue weighted by atomic mass is 9.95. The van der Waals surface area contributed by atoms with E-state index < -0.39 is 46.2 Å². The molecule has 0 radical (unpaired) electrons. The van der Waals surface area contributed by atoms with Gasteiger partial charge in [0.2, 0.25) is 0 Å². The molecule has 20 rings (SSSR count). The third-order valence-corrected chi connectivity index (χ3v) is 23.3. The number of hydrogen-bond acceptors (Lipinski definition) is 20. The Hall–Kier alpha value is -16.3. The fraction of sp³-hybridized carbons (Fsp3) is 0.101. The molecule has 36 heteroatoms. The Bertz CT molecular complexity index is 7230. The van der Waals surface area contributed by atoms with Crippen molar-refractivity contribution in [3.05, 3.63) is 360 Å². The summed E-state index contributed by atoms with van der Waals surface area (Å²) in [6, 6.07) is 62.8. The molecule has 4 amide bonds. The van der Waals surface area contributed by atoms with Gasteiger partial charge in [0.05, 0.1) is 69.6 Å². The SMILES string of the molecule is Cn1cc(-c2cc3c(-c4ccc(NC(=O)C(=O)c5ccc(Cl)cc5)cc4)ncnn3c2)cn1.Cn1cc(-c2cc3c(-c4ccc(NC(=O)C(C)(O)c5ccc(Cl)cc5)cc4)ncnn3c2)cn1.Cn1cc(-c2cc3c(-c4ccc(NC(=O)[C@@](C)(O)c5ccc(Cl)cc5)cc4)ncnn3c2)cn1.Cn1cc(-c2cc3c(-c4ccc(NC(=O)[C@](C)(O)c5ccc(Cl)cc5)cc4)ncnn3c2)cn1. The molecule has 7 N–H and O–H groups in total. The van der Waals surface area contributed by atoms with Gasteiger partial charge in [-0.25, -0.2) is 38.0 Å². The number of carbonyl (C=O) groups is 5. The summed E-state index contributed by atoms with van der Waals surface area (Å²) in [6.07, 6.45) is 28.7. The van der Waals surface area contributed by atoms with Crippen molar-refractivity contribution in [2.75, 3.05) is 21.3 Å². The highest BCUT2D eigenvalue weighted by atomic mass is 35.5. The van der Waals surface area contributed by atoms with Gasteiger partial charge in [-0.2, -0.15) is 40.8 Å². The van der Waals surface area contributed by atoms with E-state index in [2.05, 4.69) is 82.0 Å². The van der Waals surface area contributed by atoms with Crippen LogP contribution in [-0.4, -0.2) is 142 Å². The fourth-order valence-corrected chi connectivity index (χ4v) is 15.3. The Kier molecular flexibility index (Phi) is 25.7. The highest BCUT2D eigenvalue weighted by molar-refractivity contribution is 6.46. The van der Waals surface area contributed by atoms with Gasteiger partial charge in [0.15, 0.2) is 16.8 Å². The van der Waals surface area contributed by atoms with Gasteiger partial charge in [-0.05, 0) is 171 Å². The number of aromatic nitrogens is 20. The van der Waals surface area contributed by atoms with Crippen molar-refractivity contribution in [1.82, 2.24) is 97.5 Å². The van der Waals surface area contributed by atoms with Crippen molar-refractivity contribution >= 4 is 121 Å². The topological polar surface area (TPSA) is 386 Å². The molecule has 12 heterocycles. The Morgan fingerprint density at radius 3 is 0.719 bits per heavy atom. The van der Waals surface area contributed by atoms with E-state index in [0.29, 0.717) is 59.5 Å². The van der Waals surface area contributed by atoms with Crippen LogP contribution in [0.1, 0.15) is 47.8 Å². The van der Waals surface area contributed by atoms with Gasteiger partial charge in [-0.15, -0.1) is 0 Å². The van der Waals surface area contributed by atoms with Crippen molar-refractivity contribution in [3.8, 4) is 89.5 Å².